The molecule has 4 rings (SSSR count). The van der Waals surface area contributed by atoms with Gasteiger partial charge in [0.25, 0.3) is 11.7 Å². The third-order valence-corrected chi connectivity index (χ3v) is 5.82. The molecular formula is C25H20BrNO3. The van der Waals surface area contributed by atoms with Gasteiger partial charge >= 0.3 is 0 Å². The van der Waals surface area contributed by atoms with Crippen LogP contribution in [0.25, 0.3) is 5.76 Å². The van der Waals surface area contributed by atoms with E-state index in [0.29, 0.717) is 11.3 Å². The fourth-order valence-electron chi connectivity index (χ4n) is 3.83. The van der Waals surface area contributed by atoms with E-state index in [1.165, 1.54) is 4.90 Å². The maximum Gasteiger partial charge on any atom is 0.300 e. The number of carbonyl (C=O) groups is 2. The Balaban J connectivity index is 1.98. The number of ketones is 1. The van der Waals surface area contributed by atoms with Crippen LogP contribution in [0.1, 0.15) is 28.3 Å². The Morgan fingerprint density at radius 2 is 1.63 bits per heavy atom. The van der Waals surface area contributed by atoms with Crippen LogP contribution >= 0.6 is 15.9 Å². The molecule has 5 heteroatoms. The summed E-state index contributed by atoms with van der Waals surface area (Å²) in [7, 11) is 0. The molecule has 4 nitrogen and oxygen atoms in total. The Bertz CT molecular complexity index is 1180. The van der Waals surface area contributed by atoms with Gasteiger partial charge in [0.05, 0.1) is 11.6 Å². The van der Waals surface area contributed by atoms with Crippen molar-refractivity contribution in [2.24, 2.45) is 0 Å². The zero-order valence-electron chi connectivity index (χ0n) is 16.6. The smallest absolute Gasteiger partial charge is 0.300 e. The molecule has 0 aliphatic carbocycles. The predicted octanol–water partition coefficient (Wildman–Crippen LogP) is 5.69. The van der Waals surface area contributed by atoms with Crippen LogP contribution in [-0.2, 0) is 9.59 Å². The fourth-order valence-corrected chi connectivity index (χ4v) is 4.10. The molecule has 0 spiro atoms. The Labute approximate surface area is 183 Å². The van der Waals surface area contributed by atoms with Crippen LogP contribution in [0.5, 0.6) is 0 Å². The maximum atomic E-state index is 13.2. The topological polar surface area (TPSA) is 57.6 Å². The molecule has 0 saturated carbocycles. The van der Waals surface area contributed by atoms with E-state index in [1.54, 1.807) is 24.3 Å². The average Bonchev–Trinajstić information content (AvgIpc) is 2.99. The fraction of sp³-hybridized carbons (Fsp3) is 0.120. The number of aliphatic hydroxyl groups is 1. The molecule has 1 saturated heterocycles. The van der Waals surface area contributed by atoms with Crippen molar-refractivity contribution in [2.75, 3.05) is 4.90 Å². The first-order valence-electron chi connectivity index (χ1n) is 9.57. The van der Waals surface area contributed by atoms with Crippen molar-refractivity contribution in [1.82, 2.24) is 0 Å². The number of benzene rings is 3. The number of carbonyl (C=O) groups excluding carboxylic acids is 2. The summed E-state index contributed by atoms with van der Waals surface area (Å²) in [4.78, 5) is 27.8. The molecule has 3 aromatic carbocycles. The lowest BCUT2D eigenvalue weighted by atomic mass is 9.94. The summed E-state index contributed by atoms with van der Waals surface area (Å²) in [6, 6.07) is 21.4. The predicted molar refractivity (Wildman–Crippen MR) is 121 cm³/mol. The van der Waals surface area contributed by atoms with E-state index in [-0.39, 0.29) is 11.3 Å². The maximum absolute atomic E-state index is 13.2. The van der Waals surface area contributed by atoms with E-state index in [9.17, 15) is 14.7 Å². The average molecular weight is 462 g/mol. The minimum atomic E-state index is -0.713. The number of amides is 1. The molecule has 1 heterocycles. The molecule has 1 amide bonds. The van der Waals surface area contributed by atoms with Crippen molar-refractivity contribution in [3.63, 3.8) is 0 Å². The highest BCUT2D eigenvalue weighted by Gasteiger charge is 2.47. The van der Waals surface area contributed by atoms with Crippen molar-refractivity contribution in [2.45, 2.75) is 19.9 Å². The van der Waals surface area contributed by atoms with Gasteiger partial charge in [-0.2, -0.15) is 0 Å². The summed E-state index contributed by atoms with van der Waals surface area (Å²) in [5, 5.41) is 11.1. The first kappa shape index (κ1) is 20.1. The van der Waals surface area contributed by atoms with E-state index in [1.807, 2.05) is 62.4 Å². The number of para-hydroxylation sites is 1. The first-order valence-corrected chi connectivity index (χ1v) is 10.4. The highest BCUT2D eigenvalue weighted by Crippen LogP contribution is 2.43. The van der Waals surface area contributed by atoms with E-state index in [2.05, 4.69) is 15.9 Å². The highest BCUT2D eigenvalue weighted by molar-refractivity contribution is 9.10. The molecule has 1 unspecified atom stereocenters. The summed E-state index contributed by atoms with van der Waals surface area (Å²) < 4.78 is 0.856. The standard InChI is InChI=1S/C25H20BrNO3/c1-15-6-5-8-18(14-15)22-21(23(28)17-10-12-19(26)13-11-17)24(29)25(30)27(22)20-9-4-3-7-16(20)2/h3-14,22,28H,1-2H3/b23-21-. The summed E-state index contributed by atoms with van der Waals surface area (Å²) in [5.74, 6) is -1.51. The van der Waals surface area contributed by atoms with Gasteiger partial charge in [-0.25, -0.2) is 0 Å². The van der Waals surface area contributed by atoms with Crippen LogP contribution in [0.3, 0.4) is 0 Å². The molecule has 1 fully saturated rings. The number of hydrogen-bond donors (Lipinski definition) is 1. The number of aryl methyl sites for hydroxylation is 2. The summed E-state index contributed by atoms with van der Waals surface area (Å²) in [6.45, 7) is 3.86. The van der Waals surface area contributed by atoms with Crippen molar-refractivity contribution >= 4 is 39.1 Å². The molecule has 0 aromatic heterocycles. The van der Waals surface area contributed by atoms with Gasteiger partial charge in [0.1, 0.15) is 5.76 Å². The Hall–Kier alpha value is -3.18. The van der Waals surface area contributed by atoms with Crippen LogP contribution < -0.4 is 4.90 Å². The Morgan fingerprint density at radius 1 is 0.933 bits per heavy atom. The molecule has 1 atom stereocenters. The normalized spacial score (nSPS) is 18.1. The van der Waals surface area contributed by atoms with Crippen molar-refractivity contribution in [3.8, 4) is 0 Å². The number of halogens is 1. The van der Waals surface area contributed by atoms with Gasteiger partial charge in [0, 0.05) is 15.7 Å². The molecule has 30 heavy (non-hydrogen) atoms. The van der Waals surface area contributed by atoms with Crippen LogP contribution in [0.15, 0.2) is 82.8 Å². The zero-order valence-corrected chi connectivity index (χ0v) is 18.2. The lowest BCUT2D eigenvalue weighted by molar-refractivity contribution is -0.132. The summed E-state index contributed by atoms with van der Waals surface area (Å²) in [5.41, 5.74) is 3.89. The lowest BCUT2D eigenvalue weighted by Crippen LogP contribution is -2.30. The number of rotatable bonds is 3. The van der Waals surface area contributed by atoms with Crippen molar-refractivity contribution in [1.29, 1.82) is 0 Å². The highest BCUT2D eigenvalue weighted by atomic mass is 79.9. The van der Waals surface area contributed by atoms with Gasteiger partial charge in [0.2, 0.25) is 0 Å². The largest absolute Gasteiger partial charge is 0.507 e. The van der Waals surface area contributed by atoms with Gasteiger partial charge < -0.3 is 5.11 Å². The van der Waals surface area contributed by atoms with Crippen LogP contribution in [0.2, 0.25) is 0 Å². The monoisotopic (exact) mass is 461 g/mol. The number of Topliss-reactive ketones (excluding diaryl/α,β-unsaturated/α-hetero) is 1. The molecule has 0 radical (unpaired) electrons. The second-order valence-corrected chi connectivity index (χ2v) is 8.29. The van der Waals surface area contributed by atoms with Gasteiger partial charge in [-0.05, 0) is 43.2 Å². The Kier molecular flexibility index (Phi) is 5.31. The second-order valence-electron chi connectivity index (χ2n) is 7.38. The second kappa shape index (κ2) is 7.92. The molecule has 1 aliphatic rings. The minimum absolute atomic E-state index is 0.0937. The molecular weight excluding hydrogens is 442 g/mol. The van der Waals surface area contributed by atoms with Crippen LogP contribution in [0, 0.1) is 13.8 Å². The van der Waals surface area contributed by atoms with Crippen molar-refractivity contribution < 1.29 is 14.7 Å². The van der Waals surface area contributed by atoms with E-state index >= 15 is 0 Å². The number of aliphatic hydroxyl groups excluding tert-OH is 1. The van der Waals surface area contributed by atoms with Gasteiger partial charge in [0.15, 0.2) is 0 Å². The zero-order chi connectivity index (χ0) is 21.4. The van der Waals surface area contributed by atoms with Crippen molar-refractivity contribution in [3.05, 3.63) is 105 Å². The molecule has 1 N–H and O–H groups in total. The van der Waals surface area contributed by atoms with Crippen LogP contribution in [-0.4, -0.2) is 16.8 Å². The van der Waals surface area contributed by atoms with Crippen LogP contribution in [0.4, 0.5) is 5.69 Å². The molecule has 1 aliphatic heterocycles. The minimum Gasteiger partial charge on any atom is -0.507 e. The summed E-state index contributed by atoms with van der Waals surface area (Å²) >= 11 is 3.38. The van der Waals surface area contributed by atoms with Gasteiger partial charge in [-0.3, -0.25) is 14.5 Å². The van der Waals surface area contributed by atoms with E-state index in [0.717, 1.165) is 21.2 Å². The third kappa shape index (κ3) is 3.46. The lowest BCUT2D eigenvalue weighted by Gasteiger charge is -2.27. The van der Waals surface area contributed by atoms with Gasteiger partial charge in [-0.15, -0.1) is 0 Å². The quantitative estimate of drug-likeness (QED) is 0.309. The number of hydrogen-bond acceptors (Lipinski definition) is 3. The number of anilines is 1. The molecule has 0 bridgehead atoms. The van der Waals surface area contributed by atoms with E-state index in [4.69, 9.17) is 0 Å². The summed E-state index contributed by atoms with van der Waals surface area (Å²) in [6.07, 6.45) is 0. The third-order valence-electron chi connectivity index (χ3n) is 5.29. The molecule has 150 valence electrons. The van der Waals surface area contributed by atoms with Gasteiger partial charge in [-0.1, -0.05) is 76.1 Å². The van der Waals surface area contributed by atoms with E-state index < -0.39 is 17.7 Å². The SMILES string of the molecule is Cc1cccc(C2/C(=C(/O)c3ccc(Br)cc3)C(=O)C(=O)N2c2ccccc2C)c1. The molecule has 3 aromatic rings. The Morgan fingerprint density at radius 3 is 2.30 bits per heavy atom. The number of nitrogens with zero attached hydrogens (tertiary/aromatic N) is 1. The first-order chi connectivity index (χ1) is 14.4.